The minimum absolute atomic E-state index is 0.0185. The van der Waals surface area contributed by atoms with E-state index in [1.165, 1.54) is 6.07 Å². The lowest BCUT2D eigenvalue weighted by Crippen LogP contribution is -2.48. The van der Waals surface area contributed by atoms with Crippen LogP contribution in [0.1, 0.15) is 18.9 Å². The molecule has 1 amide bonds. The summed E-state index contributed by atoms with van der Waals surface area (Å²) < 4.78 is 13.4. The maximum absolute atomic E-state index is 13.4. The van der Waals surface area contributed by atoms with E-state index in [2.05, 4.69) is 22.9 Å². The minimum Gasteiger partial charge on any atom is -0.351 e. The van der Waals surface area contributed by atoms with E-state index in [4.69, 9.17) is 0 Å². The Hall–Kier alpha value is -1.46. The molecule has 0 bridgehead atoms. The first kappa shape index (κ1) is 14.0. The van der Waals surface area contributed by atoms with Crippen molar-refractivity contribution in [3.8, 4) is 0 Å². The normalized spacial score (nSPS) is 22.4. The number of halogens is 1. The Labute approximate surface area is 112 Å². The molecule has 1 atom stereocenters. The van der Waals surface area contributed by atoms with Gasteiger partial charge in [0, 0.05) is 24.2 Å². The number of hydrogen-bond acceptors (Lipinski definition) is 3. The zero-order valence-electron chi connectivity index (χ0n) is 11.1. The number of carbonyl (C=O) groups is 1. The summed E-state index contributed by atoms with van der Waals surface area (Å²) in [6.45, 7) is 4.42. The molecule has 1 aromatic rings. The van der Waals surface area contributed by atoms with Crippen molar-refractivity contribution < 1.29 is 9.18 Å². The van der Waals surface area contributed by atoms with Crippen LogP contribution >= 0.6 is 0 Å². The summed E-state index contributed by atoms with van der Waals surface area (Å²) in [6, 6.07) is 6.46. The fourth-order valence-electron chi connectivity index (χ4n) is 2.16. The van der Waals surface area contributed by atoms with Crippen LogP contribution in [0, 0.1) is 5.82 Å². The lowest BCUT2D eigenvalue weighted by Gasteiger charge is -2.24. The first-order valence-electron chi connectivity index (χ1n) is 6.55. The van der Waals surface area contributed by atoms with Crippen molar-refractivity contribution in [3.05, 3.63) is 35.6 Å². The second-order valence-electron chi connectivity index (χ2n) is 5.21. The van der Waals surface area contributed by atoms with Gasteiger partial charge in [-0.05, 0) is 26.0 Å². The van der Waals surface area contributed by atoms with Crippen LogP contribution < -0.4 is 16.0 Å². The van der Waals surface area contributed by atoms with Crippen LogP contribution in [0.3, 0.4) is 0 Å². The van der Waals surface area contributed by atoms with E-state index >= 15 is 0 Å². The molecule has 0 aliphatic carbocycles. The summed E-state index contributed by atoms with van der Waals surface area (Å²) in [6.07, 6.45) is 1.01. The van der Waals surface area contributed by atoms with Crippen molar-refractivity contribution in [2.75, 3.05) is 19.6 Å². The van der Waals surface area contributed by atoms with Gasteiger partial charge in [0.2, 0.25) is 5.91 Å². The van der Waals surface area contributed by atoms with Gasteiger partial charge in [-0.2, -0.15) is 0 Å². The predicted octanol–water partition coefficient (Wildman–Crippen LogP) is 0.783. The standard InChI is InChI=1S/C14H20FN3O/c1-14(6-7-16-10-14)18-9-13(19)17-8-11-4-2-3-5-12(11)15/h2-5,16,18H,6-10H2,1H3,(H,17,19). The van der Waals surface area contributed by atoms with Crippen LogP contribution in [0.2, 0.25) is 0 Å². The quantitative estimate of drug-likeness (QED) is 0.737. The summed E-state index contributed by atoms with van der Waals surface area (Å²) >= 11 is 0. The van der Waals surface area contributed by atoms with Gasteiger partial charge in [0.25, 0.3) is 0 Å². The third-order valence-electron chi connectivity index (χ3n) is 3.48. The van der Waals surface area contributed by atoms with Crippen LogP contribution in [0.25, 0.3) is 0 Å². The van der Waals surface area contributed by atoms with Crippen LogP contribution in [0.4, 0.5) is 4.39 Å². The van der Waals surface area contributed by atoms with Crippen LogP contribution in [0.5, 0.6) is 0 Å². The lowest BCUT2D eigenvalue weighted by molar-refractivity contribution is -0.120. The van der Waals surface area contributed by atoms with Gasteiger partial charge in [0.1, 0.15) is 5.82 Å². The molecule has 0 saturated carbocycles. The molecule has 1 heterocycles. The molecule has 1 unspecified atom stereocenters. The fraction of sp³-hybridized carbons (Fsp3) is 0.500. The first-order valence-corrected chi connectivity index (χ1v) is 6.55. The molecule has 4 nitrogen and oxygen atoms in total. The molecule has 2 rings (SSSR count). The Bertz CT molecular complexity index is 444. The molecule has 0 radical (unpaired) electrons. The Kier molecular flexibility index (Phi) is 4.50. The number of nitrogens with one attached hydrogen (secondary N) is 3. The molecular formula is C14H20FN3O. The maximum Gasteiger partial charge on any atom is 0.234 e. The van der Waals surface area contributed by atoms with E-state index in [1.807, 2.05) is 0 Å². The van der Waals surface area contributed by atoms with Gasteiger partial charge in [-0.1, -0.05) is 18.2 Å². The molecule has 104 valence electrons. The number of hydrogen-bond donors (Lipinski definition) is 3. The molecule has 1 aliphatic rings. The Morgan fingerprint density at radius 3 is 2.95 bits per heavy atom. The van der Waals surface area contributed by atoms with Crippen molar-refractivity contribution in [1.82, 2.24) is 16.0 Å². The Morgan fingerprint density at radius 1 is 1.47 bits per heavy atom. The van der Waals surface area contributed by atoms with Gasteiger partial charge in [-0.15, -0.1) is 0 Å². The van der Waals surface area contributed by atoms with Crippen molar-refractivity contribution in [2.45, 2.75) is 25.4 Å². The Morgan fingerprint density at radius 2 is 2.26 bits per heavy atom. The SMILES string of the molecule is CC1(NCC(=O)NCc2ccccc2F)CCNC1. The number of amides is 1. The van der Waals surface area contributed by atoms with Gasteiger partial charge >= 0.3 is 0 Å². The predicted molar refractivity (Wildman–Crippen MR) is 72.1 cm³/mol. The van der Waals surface area contributed by atoms with Gasteiger partial charge in [0.05, 0.1) is 6.54 Å². The molecule has 1 fully saturated rings. The molecule has 1 aliphatic heterocycles. The van der Waals surface area contributed by atoms with E-state index in [1.54, 1.807) is 18.2 Å². The maximum atomic E-state index is 13.4. The van der Waals surface area contributed by atoms with Crippen molar-refractivity contribution in [2.24, 2.45) is 0 Å². The Balaban J connectivity index is 1.74. The zero-order valence-corrected chi connectivity index (χ0v) is 11.1. The molecule has 0 spiro atoms. The third kappa shape index (κ3) is 4.01. The van der Waals surface area contributed by atoms with E-state index in [0.717, 1.165) is 19.5 Å². The van der Waals surface area contributed by atoms with E-state index in [-0.39, 0.29) is 30.4 Å². The monoisotopic (exact) mass is 265 g/mol. The highest BCUT2D eigenvalue weighted by Gasteiger charge is 2.28. The molecule has 0 aromatic heterocycles. The lowest BCUT2D eigenvalue weighted by atomic mass is 10.0. The molecule has 5 heteroatoms. The van der Waals surface area contributed by atoms with Gasteiger partial charge in [-0.25, -0.2) is 4.39 Å². The molecule has 3 N–H and O–H groups in total. The third-order valence-corrected chi connectivity index (χ3v) is 3.48. The summed E-state index contributed by atoms with van der Waals surface area (Å²) in [4.78, 5) is 11.7. The number of benzene rings is 1. The van der Waals surface area contributed by atoms with Gasteiger partial charge in [0.15, 0.2) is 0 Å². The summed E-state index contributed by atoms with van der Waals surface area (Å²) in [5.41, 5.74) is 0.486. The fourth-order valence-corrected chi connectivity index (χ4v) is 2.16. The summed E-state index contributed by atoms with van der Waals surface area (Å²) in [7, 11) is 0. The average Bonchev–Trinajstić information content (AvgIpc) is 2.83. The number of rotatable bonds is 5. The smallest absolute Gasteiger partial charge is 0.234 e. The molecule has 1 aromatic carbocycles. The zero-order chi connectivity index (χ0) is 13.7. The highest BCUT2D eigenvalue weighted by Crippen LogP contribution is 2.12. The largest absolute Gasteiger partial charge is 0.351 e. The van der Waals surface area contributed by atoms with Crippen LogP contribution in [-0.2, 0) is 11.3 Å². The highest BCUT2D eigenvalue weighted by atomic mass is 19.1. The molecule has 19 heavy (non-hydrogen) atoms. The second kappa shape index (κ2) is 6.12. The summed E-state index contributed by atoms with van der Waals surface area (Å²) in [5.74, 6) is -0.404. The first-order chi connectivity index (χ1) is 9.09. The average molecular weight is 265 g/mol. The van der Waals surface area contributed by atoms with Gasteiger partial charge in [-0.3, -0.25) is 4.79 Å². The van der Waals surface area contributed by atoms with Crippen molar-refractivity contribution in [1.29, 1.82) is 0 Å². The topological polar surface area (TPSA) is 53.2 Å². The van der Waals surface area contributed by atoms with Crippen LogP contribution in [-0.4, -0.2) is 31.1 Å². The van der Waals surface area contributed by atoms with E-state index in [9.17, 15) is 9.18 Å². The van der Waals surface area contributed by atoms with Gasteiger partial charge < -0.3 is 16.0 Å². The van der Waals surface area contributed by atoms with Crippen LogP contribution in [0.15, 0.2) is 24.3 Å². The molecule has 1 saturated heterocycles. The second-order valence-corrected chi connectivity index (χ2v) is 5.21. The summed E-state index contributed by atoms with van der Waals surface area (Å²) in [5, 5.41) is 9.22. The van der Waals surface area contributed by atoms with Crippen molar-refractivity contribution in [3.63, 3.8) is 0 Å². The highest BCUT2D eigenvalue weighted by molar-refractivity contribution is 5.78. The van der Waals surface area contributed by atoms with E-state index in [0.29, 0.717) is 5.56 Å². The van der Waals surface area contributed by atoms with E-state index < -0.39 is 0 Å². The van der Waals surface area contributed by atoms with Crippen molar-refractivity contribution >= 4 is 5.91 Å². The molecular weight excluding hydrogens is 245 g/mol. The minimum atomic E-state index is -0.289. The number of carbonyl (C=O) groups excluding carboxylic acids is 1.